The smallest absolute Gasteiger partial charge is 0.258 e. The number of benzene rings is 1. The van der Waals surface area contributed by atoms with Crippen molar-refractivity contribution in [2.24, 2.45) is 5.92 Å². The van der Waals surface area contributed by atoms with E-state index in [4.69, 9.17) is 11.6 Å². The lowest BCUT2D eigenvalue weighted by molar-refractivity contribution is -0.385. The van der Waals surface area contributed by atoms with E-state index in [9.17, 15) is 10.1 Å². The summed E-state index contributed by atoms with van der Waals surface area (Å²) in [6.07, 6.45) is 2.60. The third-order valence-electron chi connectivity index (χ3n) is 3.27. The van der Waals surface area contributed by atoms with Crippen molar-refractivity contribution in [2.75, 3.05) is 0 Å². The van der Waals surface area contributed by atoms with Crippen LogP contribution in [0.2, 0.25) is 0 Å². The summed E-state index contributed by atoms with van der Waals surface area (Å²) in [7, 11) is 0. The zero-order valence-electron chi connectivity index (χ0n) is 11.8. The molecule has 0 amide bonds. The molecule has 0 saturated carbocycles. The number of alkyl halides is 1. The number of halogens is 2. The topological polar surface area (TPSA) is 56.0 Å². The second-order valence-corrected chi connectivity index (χ2v) is 7.00. The Labute approximate surface area is 136 Å². The van der Waals surface area contributed by atoms with Crippen molar-refractivity contribution in [3.63, 3.8) is 0 Å². The summed E-state index contributed by atoms with van der Waals surface area (Å²) in [6, 6.07) is 5.58. The van der Waals surface area contributed by atoms with Gasteiger partial charge < -0.3 is 0 Å². The van der Waals surface area contributed by atoms with Gasteiger partial charge in [-0.2, -0.15) is 0 Å². The summed E-state index contributed by atoms with van der Waals surface area (Å²) in [5.41, 5.74) is 1.44. The standard InChI is InChI=1S/C15H16BrClN2O2/c1-9(2)5-11(17)7-13-12-6-10(16)3-4-14(12)18-8-15(13)19(20)21/h3-4,6,8-9,11H,5,7H2,1-2H3. The van der Waals surface area contributed by atoms with Crippen LogP contribution in [0.25, 0.3) is 10.9 Å². The Kier molecular flexibility index (Phi) is 5.17. The van der Waals surface area contributed by atoms with Gasteiger partial charge in [0, 0.05) is 20.8 Å². The molecule has 0 aliphatic carbocycles. The fraction of sp³-hybridized carbons (Fsp3) is 0.400. The van der Waals surface area contributed by atoms with Crippen LogP contribution in [0.3, 0.4) is 0 Å². The van der Waals surface area contributed by atoms with Gasteiger partial charge in [-0.25, -0.2) is 4.98 Å². The fourth-order valence-electron chi connectivity index (χ4n) is 2.40. The Balaban J connectivity index is 2.53. The van der Waals surface area contributed by atoms with E-state index >= 15 is 0 Å². The second kappa shape index (κ2) is 6.71. The quantitative estimate of drug-likeness (QED) is 0.417. The Morgan fingerprint density at radius 2 is 2.14 bits per heavy atom. The average Bonchev–Trinajstić information content (AvgIpc) is 2.38. The molecule has 1 atom stereocenters. The number of nitrogens with zero attached hydrogens (tertiary/aromatic N) is 2. The molecule has 2 aromatic rings. The van der Waals surface area contributed by atoms with E-state index in [1.54, 1.807) is 0 Å². The van der Waals surface area contributed by atoms with Crippen molar-refractivity contribution < 1.29 is 4.92 Å². The van der Waals surface area contributed by atoms with Crippen LogP contribution >= 0.6 is 27.5 Å². The van der Waals surface area contributed by atoms with Gasteiger partial charge in [0.2, 0.25) is 0 Å². The SMILES string of the molecule is CC(C)CC(Cl)Cc1c([N+](=O)[O-])cnc2ccc(Br)cc12. The van der Waals surface area contributed by atoms with E-state index in [0.29, 0.717) is 17.9 Å². The monoisotopic (exact) mass is 370 g/mol. The van der Waals surface area contributed by atoms with Gasteiger partial charge in [-0.3, -0.25) is 10.1 Å². The molecule has 6 heteroatoms. The predicted molar refractivity (Wildman–Crippen MR) is 88.9 cm³/mol. The highest BCUT2D eigenvalue weighted by Crippen LogP contribution is 2.31. The Morgan fingerprint density at radius 3 is 2.76 bits per heavy atom. The molecule has 21 heavy (non-hydrogen) atoms. The number of hydrogen-bond acceptors (Lipinski definition) is 3. The van der Waals surface area contributed by atoms with Crippen molar-refractivity contribution >= 4 is 44.1 Å². The molecule has 0 radical (unpaired) electrons. The molecule has 0 aliphatic heterocycles. The van der Waals surface area contributed by atoms with Gasteiger partial charge in [0.1, 0.15) is 6.20 Å². The molecule has 1 aromatic carbocycles. The number of nitro groups is 1. The number of aromatic nitrogens is 1. The number of hydrogen-bond donors (Lipinski definition) is 0. The predicted octanol–water partition coefficient (Wildman–Crippen LogP) is 5.10. The van der Waals surface area contributed by atoms with Crippen LogP contribution in [0, 0.1) is 16.0 Å². The van der Waals surface area contributed by atoms with Gasteiger partial charge in [-0.15, -0.1) is 11.6 Å². The third kappa shape index (κ3) is 3.92. The first-order chi connectivity index (χ1) is 9.88. The van der Waals surface area contributed by atoms with E-state index in [0.717, 1.165) is 21.8 Å². The molecule has 2 rings (SSSR count). The molecule has 1 aromatic heterocycles. The Hall–Kier alpha value is -1.20. The molecular formula is C15H16BrClN2O2. The Bertz CT molecular complexity index is 676. The number of fused-ring (bicyclic) bond motifs is 1. The van der Waals surface area contributed by atoms with E-state index in [1.165, 1.54) is 6.20 Å². The maximum atomic E-state index is 11.3. The van der Waals surface area contributed by atoms with Crippen molar-refractivity contribution in [1.29, 1.82) is 0 Å². The lowest BCUT2D eigenvalue weighted by Crippen LogP contribution is -2.09. The lowest BCUT2D eigenvalue weighted by Gasteiger charge is -2.14. The normalized spacial score (nSPS) is 12.8. The van der Waals surface area contributed by atoms with Crippen LogP contribution in [0.4, 0.5) is 5.69 Å². The van der Waals surface area contributed by atoms with Crippen molar-refractivity contribution in [2.45, 2.75) is 32.1 Å². The Morgan fingerprint density at radius 1 is 1.43 bits per heavy atom. The molecule has 0 saturated heterocycles. The van der Waals surface area contributed by atoms with Crippen LogP contribution in [-0.2, 0) is 6.42 Å². The zero-order valence-corrected chi connectivity index (χ0v) is 14.2. The largest absolute Gasteiger partial charge is 0.291 e. The van der Waals surface area contributed by atoms with E-state index in [1.807, 2.05) is 18.2 Å². The molecule has 0 aliphatic rings. The molecule has 112 valence electrons. The minimum Gasteiger partial charge on any atom is -0.258 e. The van der Waals surface area contributed by atoms with Crippen LogP contribution in [0.1, 0.15) is 25.8 Å². The minimum absolute atomic E-state index is 0.0370. The molecule has 0 N–H and O–H groups in total. The average molecular weight is 372 g/mol. The first-order valence-corrected chi connectivity index (χ1v) is 7.97. The van der Waals surface area contributed by atoms with Gasteiger partial charge in [0.15, 0.2) is 0 Å². The number of pyridine rings is 1. The van der Waals surface area contributed by atoms with Crippen LogP contribution in [0.5, 0.6) is 0 Å². The molecule has 0 bridgehead atoms. The van der Waals surface area contributed by atoms with Gasteiger partial charge >= 0.3 is 0 Å². The minimum atomic E-state index is -0.387. The van der Waals surface area contributed by atoms with Crippen molar-refractivity contribution in [1.82, 2.24) is 4.98 Å². The molecule has 1 unspecified atom stereocenters. The van der Waals surface area contributed by atoms with E-state index in [-0.39, 0.29) is 16.0 Å². The highest BCUT2D eigenvalue weighted by molar-refractivity contribution is 9.10. The van der Waals surface area contributed by atoms with E-state index in [2.05, 4.69) is 34.8 Å². The highest BCUT2D eigenvalue weighted by Gasteiger charge is 2.21. The van der Waals surface area contributed by atoms with Crippen LogP contribution in [-0.4, -0.2) is 15.3 Å². The third-order valence-corrected chi connectivity index (χ3v) is 4.09. The van der Waals surface area contributed by atoms with Crippen LogP contribution < -0.4 is 0 Å². The summed E-state index contributed by atoms with van der Waals surface area (Å²) in [5.74, 6) is 0.450. The van der Waals surface area contributed by atoms with Gasteiger partial charge in [-0.1, -0.05) is 29.8 Å². The number of rotatable bonds is 5. The molecule has 0 fully saturated rings. The molecular weight excluding hydrogens is 356 g/mol. The maximum Gasteiger partial charge on any atom is 0.291 e. The highest BCUT2D eigenvalue weighted by atomic mass is 79.9. The summed E-state index contributed by atoms with van der Waals surface area (Å²) >= 11 is 9.78. The van der Waals surface area contributed by atoms with Gasteiger partial charge in [-0.05, 0) is 37.0 Å². The van der Waals surface area contributed by atoms with Crippen molar-refractivity contribution in [3.8, 4) is 0 Å². The summed E-state index contributed by atoms with van der Waals surface area (Å²) in [6.45, 7) is 4.18. The first-order valence-electron chi connectivity index (χ1n) is 6.74. The first kappa shape index (κ1) is 16.2. The molecule has 0 spiro atoms. The summed E-state index contributed by atoms with van der Waals surface area (Å²) in [5, 5.41) is 11.9. The summed E-state index contributed by atoms with van der Waals surface area (Å²) in [4.78, 5) is 15.0. The molecule has 1 heterocycles. The van der Waals surface area contributed by atoms with Gasteiger partial charge in [0.25, 0.3) is 5.69 Å². The summed E-state index contributed by atoms with van der Waals surface area (Å²) < 4.78 is 0.869. The fourth-order valence-corrected chi connectivity index (χ4v) is 3.27. The van der Waals surface area contributed by atoms with Gasteiger partial charge in [0.05, 0.1) is 10.4 Å². The molecule has 4 nitrogen and oxygen atoms in total. The maximum absolute atomic E-state index is 11.3. The second-order valence-electron chi connectivity index (χ2n) is 5.47. The van der Waals surface area contributed by atoms with Crippen molar-refractivity contribution in [3.05, 3.63) is 44.5 Å². The van der Waals surface area contributed by atoms with E-state index < -0.39 is 0 Å². The lowest BCUT2D eigenvalue weighted by atomic mass is 9.98. The zero-order chi connectivity index (χ0) is 15.6. The van der Waals surface area contributed by atoms with Crippen LogP contribution in [0.15, 0.2) is 28.9 Å².